The minimum Gasteiger partial charge on any atom is -0.484 e. The van der Waals surface area contributed by atoms with E-state index >= 15 is 0 Å². The van der Waals surface area contributed by atoms with Gasteiger partial charge in [0.05, 0.1) is 16.6 Å². The van der Waals surface area contributed by atoms with E-state index in [-0.39, 0.29) is 17.3 Å². The first-order chi connectivity index (χ1) is 19.5. The highest BCUT2D eigenvalue weighted by atomic mass is 32.2. The van der Waals surface area contributed by atoms with Gasteiger partial charge in [-0.25, -0.2) is 17.8 Å². The summed E-state index contributed by atoms with van der Waals surface area (Å²) in [6.07, 6.45) is 4.37. The van der Waals surface area contributed by atoms with Gasteiger partial charge in [0.2, 0.25) is 0 Å². The first-order valence-corrected chi connectivity index (χ1v) is 13.9. The monoisotopic (exact) mass is 582 g/mol. The van der Waals surface area contributed by atoms with Crippen LogP contribution < -0.4 is 15.2 Å². The summed E-state index contributed by atoms with van der Waals surface area (Å²) in [5.41, 5.74) is 10.9. The molecular weight excluding hydrogens is 557 g/mol. The molecule has 0 saturated carbocycles. The SMILES string of the molecule is Cc1cnccc1-c1cnc(N)c2c(-c3ccc(NS(=O)(=O)C(F)F)c(O[C@@H](C)c4ccc(F)cc4)c3)nn(C)c12. The van der Waals surface area contributed by atoms with Gasteiger partial charge in [-0.15, -0.1) is 0 Å². The van der Waals surface area contributed by atoms with E-state index < -0.39 is 27.7 Å². The van der Waals surface area contributed by atoms with Crippen LogP contribution in [0.2, 0.25) is 0 Å². The van der Waals surface area contributed by atoms with Gasteiger partial charge in [0.15, 0.2) is 0 Å². The predicted octanol–water partition coefficient (Wildman–Crippen LogP) is 5.83. The summed E-state index contributed by atoms with van der Waals surface area (Å²) in [6.45, 7) is 3.58. The number of benzene rings is 2. The van der Waals surface area contributed by atoms with Crippen LogP contribution in [0.15, 0.2) is 67.1 Å². The van der Waals surface area contributed by atoms with Crippen LogP contribution in [-0.4, -0.2) is 33.9 Å². The Hall–Kier alpha value is -4.65. The third-order valence-corrected chi connectivity index (χ3v) is 7.56. The van der Waals surface area contributed by atoms with Crippen molar-refractivity contribution in [3.63, 3.8) is 0 Å². The van der Waals surface area contributed by atoms with Gasteiger partial charge >= 0.3 is 5.76 Å². The zero-order valence-corrected chi connectivity index (χ0v) is 23.0. The number of nitrogens with one attached hydrogen (secondary N) is 1. The van der Waals surface area contributed by atoms with Crippen molar-refractivity contribution < 1.29 is 26.3 Å². The van der Waals surface area contributed by atoms with Crippen LogP contribution in [0.4, 0.5) is 24.7 Å². The number of hydrogen-bond donors (Lipinski definition) is 2. The predicted molar refractivity (Wildman–Crippen MR) is 150 cm³/mol. The molecule has 3 N–H and O–H groups in total. The first-order valence-electron chi connectivity index (χ1n) is 12.3. The van der Waals surface area contributed by atoms with Gasteiger partial charge in [-0.3, -0.25) is 14.4 Å². The molecule has 212 valence electrons. The number of sulfonamides is 1. The Kier molecular flexibility index (Phi) is 7.30. The van der Waals surface area contributed by atoms with Crippen molar-refractivity contribution in [3.05, 3.63) is 84.1 Å². The maximum atomic E-state index is 13.4. The highest BCUT2D eigenvalue weighted by Gasteiger charge is 2.27. The molecule has 5 aromatic rings. The molecule has 5 rings (SSSR count). The smallest absolute Gasteiger partial charge is 0.355 e. The number of alkyl halides is 2. The first kappa shape index (κ1) is 27.9. The van der Waals surface area contributed by atoms with Crippen LogP contribution in [0.1, 0.15) is 24.2 Å². The molecule has 3 heterocycles. The van der Waals surface area contributed by atoms with Gasteiger partial charge < -0.3 is 10.5 Å². The van der Waals surface area contributed by atoms with Crippen LogP contribution in [0.3, 0.4) is 0 Å². The van der Waals surface area contributed by atoms with Crippen molar-refractivity contribution in [1.29, 1.82) is 0 Å². The van der Waals surface area contributed by atoms with Crippen LogP contribution in [0, 0.1) is 12.7 Å². The molecule has 0 aliphatic carbocycles. The fourth-order valence-electron chi connectivity index (χ4n) is 4.55. The number of anilines is 2. The number of nitrogens with zero attached hydrogens (tertiary/aromatic N) is 4. The van der Waals surface area contributed by atoms with Gasteiger partial charge in [0.1, 0.15) is 29.2 Å². The van der Waals surface area contributed by atoms with Crippen LogP contribution in [-0.2, 0) is 17.1 Å². The molecule has 0 radical (unpaired) electrons. The summed E-state index contributed by atoms with van der Waals surface area (Å²) in [4.78, 5) is 8.55. The molecule has 1 atom stereocenters. The fourth-order valence-corrected chi connectivity index (χ4v) is 5.12. The standard InChI is InChI=1S/C28H25F3N6O3S/c1-15-13-33-11-10-20(15)21-14-34-27(32)24-25(35-37(3)26(21)24)18-6-9-22(36-41(38,39)28(30)31)23(12-18)40-16(2)17-4-7-19(29)8-5-17/h4-14,16,28,36H,1-3H3,(H2,32,34)/t16-/m0/s1. The number of nitrogens with two attached hydrogens (primary N) is 1. The minimum atomic E-state index is -5.00. The third-order valence-electron chi connectivity index (χ3n) is 6.59. The van der Waals surface area contributed by atoms with Crippen molar-refractivity contribution in [2.75, 3.05) is 10.5 Å². The summed E-state index contributed by atoms with van der Waals surface area (Å²) in [7, 11) is -3.25. The summed E-state index contributed by atoms with van der Waals surface area (Å²) < 4.78 is 73.5. The second-order valence-corrected chi connectivity index (χ2v) is 11.0. The molecule has 3 aromatic heterocycles. The maximum absolute atomic E-state index is 13.4. The Morgan fingerprint density at radius 3 is 2.46 bits per heavy atom. The lowest BCUT2D eigenvalue weighted by Gasteiger charge is -2.19. The molecule has 0 unspecified atom stereocenters. The van der Waals surface area contributed by atoms with Crippen molar-refractivity contribution in [2.45, 2.75) is 25.7 Å². The summed E-state index contributed by atoms with van der Waals surface area (Å²) in [5, 5.41) is 5.22. The Labute approximate surface area is 233 Å². The van der Waals surface area contributed by atoms with E-state index in [1.165, 1.54) is 42.5 Å². The lowest BCUT2D eigenvalue weighted by atomic mass is 10.00. The number of aromatic nitrogens is 4. The fraction of sp³-hybridized carbons (Fsp3) is 0.179. The van der Waals surface area contributed by atoms with Crippen LogP contribution in [0.25, 0.3) is 33.3 Å². The van der Waals surface area contributed by atoms with E-state index in [9.17, 15) is 21.6 Å². The molecule has 0 aliphatic rings. The molecule has 0 aliphatic heterocycles. The molecule has 0 saturated heterocycles. The molecule has 0 spiro atoms. The Morgan fingerprint density at radius 1 is 1.05 bits per heavy atom. The lowest BCUT2D eigenvalue weighted by Crippen LogP contribution is -2.21. The average molecular weight is 583 g/mol. The minimum absolute atomic E-state index is 0.0463. The number of halogens is 3. The molecular formula is C28H25F3N6O3S. The zero-order valence-electron chi connectivity index (χ0n) is 22.1. The number of nitrogen functional groups attached to an aromatic ring is 1. The van der Waals surface area contributed by atoms with Gasteiger partial charge in [-0.1, -0.05) is 18.2 Å². The van der Waals surface area contributed by atoms with E-state index in [4.69, 9.17) is 10.5 Å². The quantitative estimate of drug-likeness (QED) is 0.236. The molecule has 13 heteroatoms. The number of ether oxygens (including phenoxy) is 1. The molecule has 0 amide bonds. The number of hydrogen-bond acceptors (Lipinski definition) is 7. The number of fused-ring (bicyclic) bond motifs is 1. The molecule has 41 heavy (non-hydrogen) atoms. The topological polar surface area (TPSA) is 125 Å². The van der Waals surface area contributed by atoms with E-state index in [1.54, 1.807) is 37.2 Å². The Bertz CT molecular complexity index is 1860. The largest absolute Gasteiger partial charge is 0.484 e. The second kappa shape index (κ2) is 10.7. The highest BCUT2D eigenvalue weighted by Crippen LogP contribution is 2.40. The average Bonchev–Trinajstić information content (AvgIpc) is 3.28. The lowest BCUT2D eigenvalue weighted by molar-refractivity contribution is 0.228. The van der Waals surface area contributed by atoms with E-state index in [0.29, 0.717) is 27.7 Å². The van der Waals surface area contributed by atoms with Gasteiger partial charge in [0.25, 0.3) is 10.0 Å². The van der Waals surface area contributed by atoms with Crippen LogP contribution >= 0.6 is 0 Å². The molecule has 2 aromatic carbocycles. The second-order valence-electron chi connectivity index (χ2n) is 9.37. The van der Waals surface area contributed by atoms with Crippen molar-refractivity contribution in [1.82, 2.24) is 19.7 Å². The Balaban J connectivity index is 1.66. The molecule has 9 nitrogen and oxygen atoms in total. The highest BCUT2D eigenvalue weighted by molar-refractivity contribution is 7.93. The number of pyridine rings is 2. The van der Waals surface area contributed by atoms with Crippen molar-refractivity contribution in [3.8, 4) is 28.1 Å². The van der Waals surface area contributed by atoms with Crippen LogP contribution in [0.5, 0.6) is 5.75 Å². The van der Waals surface area contributed by atoms with E-state index in [2.05, 4.69) is 15.1 Å². The Morgan fingerprint density at radius 2 is 1.78 bits per heavy atom. The summed E-state index contributed by atoms with van der Waals surface area (Å²) >= 11 is 0. The van der Waals surface area contributed by atoms with Crippen molar-refractivity contribution >= 4 is 32.4 Å². The van der Waals surface area contributed by atoms with E-state index in [0.717, 1.165) is 16.7 Å². The summed E-state index contributed by atoms with van der Waals surface area (Å²) in [6, 6.07) is 11.7. The normalized spacial score (nSPS) is 12.6. The number of aryl methyl sites for hydroxylation is 2. The maximum Gasteiger partial charge on any atom is 0.355 e. The molecule has 0 bridgehead atoms. The van der Waals surface area contributed by atoms with Gasteiger partial charge in [-0.2, -0.15) is 13.9 Å². The van der Waals surface area contributed by atoms with Gasteiger partial charge in [0, 0.05) is 36.8 Å². The van der Waals surface area contributed by atoms with Gasteiger partial charge in [-0.05, 0) is 60.9 Å². The van der Waals surface area contributed by atoms with Crippen molar-refractivity contribution in [2.24, 2.45) is 7.05 Å². The summed E-state index contributed by atoms with van der Waals surface area (Å²) in [5.74, 6) is -3.94. The van der Waals surface area contributed by atoms with E-state index in [1.807, 2.05) is 17.7 Å². The molecule has 0 fully saturated rings. The number of rotatable bonds is 8. The third kappa shape index (κ3) is 5.40. The zero-order chi connectivity index (χ0) is 29.5.